The molecule has 0 aliphatic rings. The molecule has 0 heterocycles. The number of rotatable bonds is 8. The van der Waals surface area contributed by atoms with Crippen molar-refractivity contribution in [3.8, 4) is 0 Å². The average Bonchev–Trinajstić information content (AvgIpc) is 2.43. The lowest BCUT2D eigenvalue weighted by atomic mass is 9.98. The minimum Gasteiger partial charge on any atom is -0.313 e. The van der Waals surface area contributed by atoms with Crippen LogP contribution in [0.1, 0.15) is 49.3 Å². The van der Waals surface area contributed by atoms with Crippen LogP contribution in [0, 0.1) is 0 Å². The fourth-order valence-electron chi connectivity index (χ4n) is 2.26. The predicted molar refractivity (Wildman–Crippen MR) is 84.2 cm³/mol. The summed E-state index contributed by atoms with van der Waals surface area (Å²) in [5, 5.41) is 3.11. The standard InChI is InChI=1S/C16H21BrF3N/c1-3-4-5-6-7-8-15(21-2)13-11-12(16(18,19)20)9-10-14(13)17/h3,9-11,15,21H,1,4-8H2,2H3. The van der Waals surface area contributed by atoms with Crippen molar-refractivity contribution in [2.75, 3.05) is 7.05 Å². The number of halogens is 4. The molecule has 21 heavy (non-hydrogen) atoms. The van der Waals surface area contributed by atoms with Gasteiger partial charge in [-0.25, -0.2) is 0 Å². The lowest BCUT2D eigenvalue weighted by Gasteiger charge is -2.20. The molecule has 0 aromatic heterocycles. The Morgan fingerprint density at radius 2 is 2.00 bits per heavy atom. The zero-order chi connectivity index (χ0) is 15.9. The van der Waals surface area contributed by atoms with Crippen LogP contribution in [0.15, 0.2) is 35.3 Å². The molecule has 1 nitrogen and oxygen atoms in total. The van der Waals surface area contributed by atoms with Crippen molar-refractivity contribution in [1.29, 1.82) is 0 Å². The van der Waals surface area contributed by atoms with Gasteiger partial charge in [0.05, 0.1) is 5.56 Å². The fourth-order valence-corrected chi connectivity index (χ4v) is 2.78. The highest BCUT2D eigenvalue weighted by molar-refractivity contribution is 9.10. The largest absolute Gasteiger partial charge is 0.416 e. The first-order chi connectivity index (χ1) is 9.90. The van der Waals surface area contributed by atoms with Gasteiger partial charge in [-0.15, -0.1) is 6.58 Å². The van der Waals surface area contributed by atoms with Crippen molar-refractivity contribution in [2.24, 2.45) is 0 Å². The van der Waals surface area contributed by atoms with Crippen molar-refractivity contribution in [2.45, 2.75) is 44.3 Å². The van der Waals surface area contributed by atoms with E-state index in [1.807, 2.05) is 6.08 Å². The number of benzene rings is 1. The first-order valence-electron chi connectivity index (χ1n) is 7.05. The summed E-state index contributed by atoms with van der Waals surface area (Å²) in [7, 11) is 1.78. The van der Waals surface area contributed by atoms with Gasteiger partial charge in [-0.2, -0.15) is 13.2 Å². The predicted octanol–water partition coefficient (Wildman–Crippen LogP) is 5.86. The first-order valence-corrected chi connectivity index (χ1v) is 7.84. The fraction of sp³-hybridized carbons (Fsp3) is 0.500. The topological polar surface area (TPSA) is 12.0 Å². The van der Waals surface area contributed by atoms with Crippen LogP contribution in [0.3, 0.4) is 0 Å². The van der Waals surface area contributed by atoms with E-state index in [1.54, 1.807) is 7.05 Å². The SMILES string of the molecule is C=CCCCCCC(NC)c1cc(C(F)(F)F)ccc1Br. The van der Waals surface area contributed by atoms with E-state index in [2.05, 4.69) is 27.8 Å². The Hall–Kier alpha value is -0.810. The Balaban J connectivity index is 2.77. The number of unbranched alkanes of at least 4 members (excludes halogenated alkanes) is 3. The van der Waals surface area contributed by atoms with Crippen LogP contribution in [0.4, 0.5) is 13.2 Å². The van der Waals surface area contributed by atoms with Gasteiger partial charge in [-0.1, -0.05) is 34.8 Å². The molecular weight excluding hydrogens is 343 g/mol. The van der Waals surface area contributed by atoms with Crippen LogP contribution in [0.2, 0.25) is 0 Å². The summed E-state index contributed by atoms with van der Waals surface area (Å²) < 4.78 is 39.1. The molecular formula is C16H21BrF3N. The summed E-state index contributed by atoms with van der Waals surface area (Å²) in [5.74, 6) is 0. The van der Waals surface area contributed by atoms with Gasteiger partial charge in [0.1, 0.15) is 0 Å². The quantitative estimate of drug-likeness (QED) is 0.450. The Labute approximate surface area is 132 Å². The monoisotopic (exact) mass is 363 g/mol. The number of allylic oxidation sites excluding steroid dienone is 1. The summed E-state index contributed by atoms with van der Waals surface area (Å²) in [6, 6.07) is 3.73. The van der Waals surface area contributed by atoms with Crippen molar-refractivity contribution in [3.63, 3.8) is 0 Å². The van der Waals surface area contributed by atoms with E-state index in [0.717, 1.165) is 38.2 Å². The van der Waals surface area contributed by atoms with Gasteiger partial charge in [0.25, 0.3) is 0 Å². The van der Waals surface area contributed by atoms with E-state index >= 15 is 0 Å². The molecule has 1 aromatic rings. The smallest absolute Gasteiger partial charge is 0.313 e. The highest BCUT2D eigenvalue weighted by Gasteiger charge is 2.31. The summed E-state index contributed by atoms with van der Waals surface area (Å²) in [6.45, 7) is 3.68. The van der Waals surface area contributed by atoms with Crippen molar-refractivity contribution >= 4 is 15.9 Å². The molecule has 0 saturated carbocycles. The third-order valence-electron chi connectivity index (χ3n) is 3.45. The number of nitrogens with one attached hydrogen (secondary N) is 1. The second-order valence-corrected chi connectivity index (χ2v) is 5.86. The Kier molecular flexibility index (Phi) is 7.46. The van der Waals surface area contributed by atoms with Crippen molar-refractivity contribution in [3.05, 3.63) is 46.5 Å². The van der Waals surface area contributed by atoms with Crippen molar-refractivity contribution < 1.29 is 13.2 Å². The normalized spacial score (nSPS) is 13.2. The molecule has 5 heteroatoms. The molecule has 0 spiro atoms. The van der Waals surface area contributed by atoms with Crippen LogP contribution in [0.5, 0.6) is 0 Å². The number of hydrogen-bond donors (Lipinski definition) is 1. The Morgan fingerprint density at radius 3 is 2.57 bits per heavy atom. The summed E-state index contributed by atoms with van der Waals surface area (Å²) >= 11 is 3.35. The van der Waals surface area contributed by atoms with Gasteiger partial charge in [-0.05, 0) is 50.1 Å². The zero-order valence-corrected chi connectivity index (χ0v) is 13.7. The molecule has 0 aliphatic heterocycles. The molecule has 0 radical (unpaired) electrons. The maximum atomic E-state index is 12.8. The second kappa shape index (κ2) is 8.59. The number of alkyl halides is 3. The maximum absolute atomic E-state index is 12.8. The van der Waals surface area contributed by atoms with Crippen LogP contribution < -0.4 is 5.32 Å². The molecule has 1 rings (SSSR count). The van der Waals surface area contributed by atoms with Crippen LogP contribution in [0.25, 0.3) is 0 Å². The molecule has 118 valence electrons. The first kappa shape index (κ1) is 18.2. The van der Waals surface area contributed by atoms with Gasteiger partial charge in [0, 0.05) is 10.5 Å². The van der Waals surface area contributed by atoms with Crippen LogP contribution in [-0.2, 0) is 6.18 Å². The molecule has 0 amide bonds. The average molecular weight is 364 g/mol. The van der Waals surface area contributed by atoms with E-state index in [-0.39, 0.29) is 6.04 Å². The molecule has 1 N–H and O–H groups in total. The Morgan fingerprint density at radius 1 is 1.29 bits per heavy atom. The number of hydrogen-bond acceptors (Lipinski definition) is 1. The lowest BCUT2D eigenvalue weighted by Crippen LogP contribution is -2.18. The minimum atomic E-state index is -4.31. The van der Waals surface area contributed by atoms with Crippen LogP contribution >= 0.6 is 15.9 Å². The molecule has 0 aliphatic carbocycles. The van der Waals surface area contributed by atoms with Gasteiger partial charge in [0.2, 0.25) is 0 Å². The Bertz CT molecular complexity index is 457. The summed E-state index contributed by atoms with van der Waals surface area (Å²) in [5.41, 5.74) is 0.0589. The molecule has 0 fully saturated rings. The van der Waals surface area contributed by atoms with Crippen LogP contribution in [-0.4, -0.2) is 7.05 Å². The third-order valence-corrected chi connectivity index (χ3v) is 4.17. The van der Waals surface area contributed by atoms with E-state index in [9.17, 15) is 13.2 Å². The summed E-state index contributed by atoms with van der Waals surface area (Å²) in [6.07, 6.45) is 2.48. The van der Waals surface area contributed by atoms with E-state index in [1.165, 1.54) is 12.1 Å². The zero-order valence-electron chi connectivity index (χ0n) is 12.1. The molecule has 0 saturated heterocycles. The highest BCUT2D eigenvalue weighted by atomic mass is 79.9. The highest BCUT2D eigenvalue weighted by Crippen LogP contribution is 2.35. The lowest BCUT2D eigenvalue weighted by molar-refractivity contribution is -0.137. The molecule has 0 bridgehead atoms. The van der Waals surface area contributed by atoms with E-state index in [0.29, 0.717) is 10.0 Å². The van der Waals surface area contributed by atoms with E-state index < -0.39 is 11.7 Å². The summed E-state index contributed by atoms with van der Waals surface area (Å²) in [4.78, 5) is 0. The van der Waals surface area contributed by atoms with E-state index in [4.69, 9.17) is 0 Å². The van der Waals surface area contributed by atoms with Gasteiger partial charge >= 0.3 is 6.18 Å². The molecule has 1 unspecified atom stereocenters. The maximum Gasteiger partial charge on any atom is 0.416 e. The minimum absolute atomic E-state index is 0.0783. The van der Waals surface area contributed by atoms with Gasteiger partial charge in [0.15, 0.2) is 0 Å². The second-order valence-electron chi connectivity index (χ2n) is 5.00. The third kappa shape index (κ3) is 5.83. The van der Waals surface area contributed by atoms with Gasteiger partial charge in [-0.3, -0.25) is 0 Å². The molecule has 1 aromatic carbocycles. The van der Waals surface area contributed by atoms with Crippen molar-refractivity contribution in [1.82, 2.24) is 5.32 Å². The van der Waals surface area contributed by atoms with Gasteiger partial charge < -0.3 is 5.32 Å². The molecule has 1 atom stereocenters.